The number of carbonyl (C=O) groups is 1. The molecule has 0 aliphatic carbocycles. The number of nitrogens with zero attached hydrogens (tertiary/aromatic N) is 2. The van der Waals surface area contributed by atoms with Crippen LogP contribution >= 0.6 is 0 Å². The van der Waals surface area contributed by atoms with Gasteiger partial charge in [-0.15, -0.1) is 0 Å². The van der Waals surface area contributed by atoms with Crippen molar-refractivity contribution in [1.29, 1.82) is 0 Å². The lowest BCUT2D eigenvalue weighted by molar-refractivity contribution is 0.0526. The third-order valence-electron chi connectivity index (χ3n) is 2.59. The molecular formula is C13H14FN3O2. The van der Waals surface area contributed by atoms with Gasteiger partial charge in [0.1, 0.15) is 0 Å². The van der Waals surface area contributed by atoms with Crippen LogP contribution in [-0.4, -0.2) is 22.4 Å². The van der Waals surface area contributed by atoms with Crippen LogP contribution in [0.4, 0.5) is 10.1 Å². The molecule has 1 heterocycles. The lowest BCUT2D eigenvalue weighted by Gasteiger charge is -2.05. The molecule has 0 bridgehead atoms. The summed E-state index contributed by atoms with van der Waals surface area (Å²) < 4.78 is 20.0. The van der Waals surface area contributed by atoms with Crippen LogP contribution in [0.5, 0.6) is 0 Å². The zero-order valence-electron chi connectivity index (χ0n) is 10.5. The largest absolute Gasteiger partial charge is 0.462 e. The van der Waals surface area contributed by atoms with Gasteiger partial charge in [0.15, 0.2) is 5.82 Å². The third-order valence-corrected chi connectivity index (χ3v) is 2.59. The van der Waals surface area contributed by atoms with Crippen molar-refractivity contribution in [2.24, 2.45) is 0 Å². The Morgan fingerprint density at radius 2 is 2.32 bits per heavy atom. The first-order chi connectivity index (χ1) is 9.11. The van der Waals surface area contributed by atoms with Crippen molar-refractivity contribution >= 4 is 11.7 Å². The summed E-state index contributed by atoms with van der Waals surface area (Å²) in [6.45, 7) is 2.23. The normalized spacial score (nSPS) is 10.4. The summed E-state index contributed by atoms with van der Waals surface area (Å²) in [6.07, 6.45) is 2.91. The fourth-order valence-electron chi connectivity index (χ4n) is 1.67. The van der Waals surface area contributed by atoms with Crippen LogP contribution in [0.2, 0.25) is 0 Å². The summed E-state index contributed by atoms with van der Waals surface area (Å²) in [5, 5.41) is 3.99. The van der Waals surface area contributed by atoms with Crippen LogP contribution in [0, 0.1) is 5.82 Å². The van der Waals surface area contributed by atoms with E-state index in [2.05, 4.69) is 5.10 Å². The van der Waals surface area contributed by atoms with Gasteiger partial charge in [0.25, 0.3) is 0 Å². The number of anilines is 1. The van der Waals surface area contributed by atoms with E-state index in [-0.39, 0.29) is 12.2 Å². The van der Waals surface area contributed by atoms with Gasteiger partial charge < -0.3 is 10.5 Å². The van der Waals surface area contributed by atoms with Crippen LogP contribution in [0.15, 0.2) is 30.6 Å². The average molecular weight is 263 g/mol. The second-order valence-electron chi connectivity index (χ2n) is 3.97. The van der Waals surface area contributed by atoms with Crippen LogP contribution in [0.25, 0.3) is 0 Å². The fourth-order valence-corrected chi connectivity index (χ4v) is 1.67. The summed E-state index contributed by atoms with van der Waals surface area (Å²) in [6, 6.07) is 4.78. The van der Waals surface area contributed by atoms with Crippen molar-refractivity contribution in [3.05, 3.63) is 47.5 Å². The van der Waals surface area contributed by atoms with E-state index in [0.29, 0.717) is 17.7 Å². The predicted molar refractivity (Wildman–Crippen MR) is 68.1 cm³/mol. The Bertz CT molecular complexity index is 595. The minimum Gasteiger partial charge on any atom is -0.462 e. The highest BCUT2D eigenvalue weighted by molar-refractivity contribution is 5.88. The Hall–Kier alpha value is -2.37. The first-order valence-corrected chi connectivity index (χ1v) is 5.84. The molecule has 0 saturated carbocycles. The van der Waals surface area contributed by atoms with Crippen LogP contribution in [-0.2, 0) is 11.3 Å². The van der Waals surface area contributed by atoms with Gasteiger partial charge in [-0.05, 0) is 13.0 Å². The molecule has 0 amide bonds. The van der Waals surface area contributed by atoms with E-state index in [0.717, 1.165) is 0 Å². The first-order valence-electron chi connectivity index (χ1n) is 5.84. The zero-order chi connectivity index (χ0) is 13.8. The summed E-state index contributed by atoms with van der Waals surface area (Å²) in [4.78, 5) is 11.5. The smallest absolute Gasteiger partial charge is 0.341 e. The predicted octanol–water partition coefficient (Wildman–Crippen LogP) is 1.83. The first kappa shape index (κ1) is 13.1. The molecule has 0 unspecified atom stereocenters. The minimum absolute atomic E-state index is 0.0928. The average Bonchev–Trinajstić information content (AvgIpc) is 2.84. The highest BCUT2D eigenvalue weighted by Crippen LogP contribution is 2.15. The van der Waals surface area contributed by atoms with E-state index in [1.54, 1.807) is 19.1 Å². The fraction of sp³-hybridized carbons (Fsp3) is 0.231. The number of carbonyl (C=O) groups excluding carboxylic acids is 1. The Morgan fingerprint density at radius 1 is 1.53 bits per heavy atom. The van der Waals surface area contributed by atoms with Crippen LogP contribution in [0.1, 0.15) is 22.8 Å². The molecule has 6 heteroatoms. The maximum Gasteiger partial charge on any atom is 0.341 e. The summed E-state index contributed by atoms with van der Waals surface area (Å²) in [7, 11) is 0. The van der Waals surface area contributed by atoms with E-state index >= 15 is 0 Å². The molecule has 0 aliphatic rings. The Kier molecular flexibility index (Phi) is 3.79. The van der Waals surface area contributed by atoms with Crippen molar-refractivity contribution in [3.63, 3.8) is 0 Å². The molecule has 0 saturated heterocycles. The van der Waals surface area contributed by atoms with E-state index in [9.17, 15) is 9.18 Å². The van der Waals surface area contributed by atoms with Crippen LogP contribution in [0.3, 0.4) is 0 Å². The molecule has 2 aromatic rings. The van der Waals surface area contributed by atoms with Gasteiger partial charge in [-0.3, -0.25) is 4.68 Å². The summed E-state index contributed by atoms with van der Waals surface area (Å²) >= 11 is 0. The molecule has 2 rings (SSSR count). The number of nitrogens with two attached hydrogens (primary N) is 1. The SMILES string of the molecule is CCOC(=O)c1cnn(Cc2cccc(N)c2F)c1. The van der Waals surface area contributed by atoms with Gasteiger partial charge in [0.2, 0.25) is 0 Å². The van der Waals surface area contributed by atoms with Gasteiger partial charge in [-0.2, -0.15) is 5.10 Å². The van der Waals surface area contributed by atoms with Crippen molar-refractivity contribution in [2.75, 3.05) is 12.3 Å². The van der Waals surface area contributed by atoms with Crippen molar-refractivity contribution in [1.82, 2.24) is 9.78 Å². The Balaban J connectivity index is 2.16. The molecule has 100 valence electrons. The van der Waals surface area contributed by atoms with Gasteiger partial charge >= 0.3 is 5.97 Å². The maximum atomic E-state index is 13.7. The third kappa shape index (κ3) is 2.90. The molecule has 0 fully saturated rings. The lowest BCUT2D eigenvalue weighted by atomic mass is 10.2. The van der Waals surface area contributed by atoms with Crippen molar-refractivity contribution < 1.29 is 13.9 Å². The second kappa shape index (κ2) is 5.51. The maximum absolute atomic E-state index is 13.7. The van der Waals surface area contributed by atoms with Gasteiger partial charge in [0, 0.05) is 11.8 Å². The van der Waals surface area contributed by atoms with Crippen molar-refractivity contribution in [2.45, 2.75) is 13.5 Å². The number of esters is 1. The second-order valence-corrected chi connectivity index (χ2v) is 3.97. The Labute approximate surface area is 109 Å². The molecular weight excluding hydrogens is 249 g/mol. The van der Waals surface area contributed by atoms with Gasteiger partial charge in [0.05, 0.1) is 30.6 Å². The van der Waals surface area contributed by atoms with E-state index in [1.165, 1.54) is 23.1 Å². The van der Waals surface area contributed by atoms with E-state index in [4.69, 9.17) is 10.5 Å². The topological polar surface area (TPSA) is 70.1 Å². The molecule has 19 heavy (non-hydrogen) atoms. The summed E-state index contributed by atoms with van der Waals surface area (Å²) in [5.41, 5.74) is 6.34. The monoisotopic (exact) mass is 263 g/mol. The molecule has 2 N–H and O–H groups in total. The van der Waals surface area contributed by atoms with Gasteiger partial charge in [-0.25, -0.2) is 9.18 Å². The molecule has 1 aromatic carbocycles. The number of benzene rings is 1. The number of nitrogen functional groups attached to an aromatic ring is 1. The van der Waals surface area contributed by atoms with E-state index < -0.39 is 11.8 Å². The standard InChI is InChI=1S/C13H14FN3O2/c1-2-19-13(18)10-6-16-17(8-10)7-9-4-3-5-11(15)12(9)14/h3-6,8H,2,7,15H2,1H3. The quantitative estimate of drug-likeness (QED) is 0.675. The number of hydrogen-bond donors (Lipinski definition) is 1. The molecule has 0 radical (unpaired) electrons. The number of halogens is 1. The van der Waals surface area contributed by atoms with Gasteiger partial charge in [-0.1, -0.05) is 12.1 Å². The zero-order valence-corrected chi connectivity index (χ0v) is 10.5. The van der Waals surface area contributed by atoms with Crippen molar-refractivity contribution in [3.8, 4) is 0 Å². The number of ether oxygens (including phenoxy) is 1. The molecule has 0 aliphatic heterocycles. The summed E-state index contributed by atoms with van der Waals surface area (Å²) in [5.74, 6) is -0.905. The molecule has 0 spiro atoms. The highest BCUT2D eigenvalue weighted by Gasteiger charge is 2.11. The highest BCUT2D eigenvalue weighted by atomic mass is 19.1. The molecule has 1 aromatic heterocycles. The number of hydrogen-bond acceptors (Lipinski definition) is 4. The molecule has 0 atom stereocenters. The van der Waals surface area contributed by atoms with E-state index in [1.807, 2.05) is 0 Å². The molecule has 5 nitrogen and oxygen atoms in total. The minimum atomic E-state index is -0.462. The number of aromatic nitrogens is 2. The Morgan fingerprint density at radius 3 is 3.05 bits per heavy atom. The van der Waals surface area contributed by atoms with Crippen LogP contribution < -0.4 is 5.73 Å². The lowest BCUT2D eigenvalue weighted by Crippen LogP contribution is -2.05. The number of rotatable bonds is 4.